The lowest BCUT2D eigenvalue weighted by Crippen LogP contribution is -2.43. The minimum Gasteiger partial charge on any atom is -0.493 e. The van der Waals surface area contributed by atoms with E-state index in [1.165, 1.54) is 19.3 Å². The number of ether oxygens (including phenoxy) is 2. The van der Waals surface area contributed by atoms with E-state index in [2.05, 4.69) is 26.9 Å². The van der Waals surface area contributed by atoms with Crippen LogP contribution >= 0.6 is 15.9 Å². The molecule has 1 aromatic carbocycles. The Morgan fingerprint density at radius 3 is 2.90 bits per heavy atom. The number of hydrogen-bond acceptors (Lipinski definition) is 5. The van der Waals surface area contributed by atoms with Crippen LogP contribution in [0.3, 0.4) is 0 Å². The van der Waals surface area contributed by atoms with Crippen molar-refractivity contribution in [3.8, 4) is 11.5 Å². The number of aliphatic hydroxyl groups excluding tert-OH is 1. The van der Waals surface area contributed by atoms with E-state index in [9.17, 15) is 9.90 Å². The minimum absolute atomic E-state index is 0.146. The first-order chi connectivity index (χ1) is 15.0. The lowest BCUT2D eigenvalue weighted by Gasteiger charge is -2.36. The number of carbonyl (C=O) groups is 1. The smallest absolute Gasteiger partial charge is 0.224 e. The molecule has 31 heavy (non-hydrogen) atoms. The Morgan fingerprint density at radius 2 is 2.13 bits per heavy atom. The molecule has 3 aliphatic heterocycles. The van der Waals surface area contributed by atoms with Crippen LogP contribution in [0.15, 0.2) is 22.7 Å². The van der Waals surface area contributed by atoms with Gasteiger partial charge in [0.25, 0.3) is 0 Å². The third-order valence-electron chi connectivity index (χ3n) is 7.48. The first-order valence-corrected chi connectivity index (χ1v) is 12.2. The molecule has 1 N–H and O–H groups in total. The number of amides is 1. The molecule has 7 heteroatoms. The summed E-state index contributed by atoms with van der Waals surface area (Å²) in [6, 6.07) is 1.95. The molecule has 1 amide bonds. The summed E-state index contributed by atoms with van der Waals surface area (Å²) in [5.41, 5.74) is 1.89. The van der Waals surface area contributed by atoms with E-state index < -0.39 is 6.10 Å². The van der Waals surface area contributed by atoms with Gasteiger partial charge in [0.1, 0.15) is 6.10 Å². The highest BCUT2D eigenvalue weighted by Gasteiger charge is 2.53. The molecule has 1 saturated heterocycles. The second kappa shape index (κ2) is 8.41. The average Bonchev–Trinajstić information content (AvgIpc) is 3.00. The SMILES string of the molecule is COc1cc(Br)c2c3c1OC1C[C@@H](O)C=CC31CCN(C(=O)CCN1CCCCC1)C2. The first-order valence-electron chi connectivity index (χ1n) is 11.5. The van der Waals surface area contributed by atoms with Gasteiger partial charge in [0.05, 0.1) is 18.6 Å². The van der Waals surface area contributed by atoms with Crippen molar-refractivity contribution in [1.29, 1.82) is 0 Å². The number of nitrogens with zero attached hydrogens (tertiary/aromatic N) is 2. The Kier molecular flexibility index (Phi) is 5.78. The number of piperidine rings is 1. The summed E-state index contributed by atoms with van der Waals surface area (Å²) in [5, 5.41) is 10.2. The zero-order valence-corrected chi connectivity index (χ0v) is 19.7. The minimum atomic E-state index is -0.506. The number of methoxy groups -OCH3 is 1. The van der Waals surface area contributed by atoms with E-state index in [1.54, 1.807) is 7.11 Å². The molecule has 5 rings (SSSR count). The lowest BCUT2D eigenvalue weighted by molar-refractivity contribution is -0.132. The third-order valence-corrected chi connectivity index (χ3v) is 8.19. The number of benzene rings is 1. The molecule has 3 heterocycles. The van der Waals surface area contributed by atoms with Gasteiger partial charge in [-0.15, -0.1) is 0 Å². The van der Waals surface area contributed by atoms with Crippen LogP contribution in [0.4, 0.5) is 0 Å². The highest BCUT2D eigenvalue weighted by atomic mass is 79.9. The average molecular weight is 491 g/mol. The standard InChI is InChI=1S/C24H31BrN2O4/c1-30-19-14-18(25)17-15-27(21(29)6-11-26-9-3-2-4-10-26)12-8-24-7-5-16(28)13-20(24)31-23(19)22(17)24/h5,7,14,16,20,28H,2-4,6,8-13,15H2,1H3/t16-,20?,24?/m0/s1. The van der Waals surface area contributed by atoms with E-state index in [1.807, 2.05) is 17.0 Å². The van der Waals surface area contributed by atoms with Crippen molar-refractivity contribution in [1.82, 2.24) is 9.80 Å². The maximum Gasteiger partial charge on any atom is 0.224 e. The highest BCUT2D eigenvalue weighted by Crippen LogP contribution is 2.57. The van der Waals surface area contributed by atoms with Crippen molar-refractivity contribution in [3.05, 3.63) is 33.8 Å². The molecular weight excluding hydrogens is 460 g/mol. The maximum absolute atomic E-state index is 13.2. The summed E-state index contributed by atoms with van der Waals surface area (Å²) in [6.07, 6.45) is 9.05. The second-order valence-corrected chi connectivity index (χ2v) is 10.1. The van der Waals surface area contributed by atoms with Gasteiger partial charge in [0.2, 0.25) is 5.91 Å². The van der Waals surface area contributed by atoms with Gasteiger partial charge < -0.3 is 24.4 Å². The molecular formula is C24H31BrN2O4. The van der Waals surface area contributed by atoms with Crippen molar-refractivity contribution in [2.24, 2.45) is 0 Å². The molecule has 1 aromatic rings. The highest BCUT2D eigenvalue weighted by molar-refractivity contribution is 9.10. The van der Waals surface area contributed by atoms with Crippen LogP contribution in [0.1, 0.15) is 49.7 Å². The molecule has 0 saturated carbocycles. The fraction of sp³-hybridized carbons (Fsp3) is 0.625. The van der Waals surface area contributed by atoms with Crippen LogP contribution < -0.4 is 9.47 Å². The van der Waals surface area contributed by atoms with Gasteiger partial charge in [0.15, 0.2) is 11.5 Å². The van der Waals surface area contributed by atoms with Gasteiger partial charge in [-0.3, -0.25) is 4.79 Å². The van der Waals surface area contributed by atoms with Crippen molar-refractivity contribution >= 4 is 21.8 Å². The van der Waals surface area contributed by atoms with Crippen LogP contribution in [-0.4, -0.2) is 66.3 Å². The zero-order chi connectivity index (χ0) is 21.6. The van der Waals surface area contributed by atoms with Crippen molar-refractivity contribution in [2.45, 2.75) is 62.7 Å². The molecule has 1 fully saturated rings. The number of carbonyl (C=O) groups excluding carboxylic acids is 1. The number of halogens is 1. The van der Waals surface area contributed by atoms with Crippen molar-refractivity contribution < 1.29 is 19.4 Å². The number of aliphatic hydroxyl groups is 1. The molecule has 3 atom stereocenters. The molecule has 6 nitrogen and oxygen atoms in total. The van der Waals surface area contributed by atoms with E-state index >= 15 is 0 Å². The zero-order valence-electron chi connectivity index (χ0n) is 18.1. The summed E-state index contributed by atoms with van der Waals surface area (Å²) in [6.45, 7) is 4.32. The number of hydrogen-bond donors (Lipinski definition) is 1. The molecule has 2 unspecified atom stereocenters. The maximum atomic E-state index is 13.2. The third kappa shape index (κ3) is 3.68. The normalized spacial score (nSPS) is 29.7. The van der Waals surface area contributed by atoms with Crippen molar-refractivity contribution in [3.63, 3.8) is 0 Å². The van der Waals surface area contributed by atoms with Gasteiger partial charge >= 0.3 is 0 Å². The summed E-state index contributed by atoms with van der Waals surface area (Å²) < 4.78 is 13.0. The van der Waals surface area contributed by atoms with E-state index in [0.717, 1.165) is 47.4 Å². The van der Waals surface area contributed by atoms with Gasteiger partial charge in [-0.05, 0) is 44.0 Å². The van der Waals surface area contributed by atoms with Crippen LogP contribution in [0.25, 0.3) is 0 Å². The van der Waals surface area contributed by atoms with Gasteiger partial charge in [-0.25, -0.2) is 0 Å². The molecule has 0 radical (unpaired) electrons. The fourth-order valence-corrected chi connectivity index (χ4v) is 6.30. The van der Waals surface area contributed by atoms with Crippen LogP contribution in [-0.2, 0) is 16.8 Å². The molecule has 0 aromatic heterocycles. The molecule has 0 bridgehead atoms. The van der Waals surface area contributed by atoms with E-state index in [-0.39, 0.29) is 17.4 Å². The van der Waals surface area contributed by atoms with Crippen LogP contribution in [0.2, 0.25) is 0 Å². The Hall–Kier alpha value is -1.57. The van der Waals surface area contributed by atoms with Crippen molar-refractivity contribution in [2.75, 3.05) is 33.3 Å². The quantitative estimate of drug-likeness (QED) is 0.655. The molecule has 4 aliphatic rings. The predicted molar refractivity (Wildman–Crippen MR) is 121 cm³/mol. The summed E-state index contributed by atoms with van der Waals surface area (Å²) in [4.78, 5) is 17.7. The Labute approximate surface area is 192 Å². The molecule has 168 valence electrons. The largest absolute Gasteiger partial charge is 0.493 e. The monoisotopic (exact) mass is 490 g/mol. The lowest BCUT2D eigenvalue weighted by atomic mass is 9.69. The second-order valence-electron chi connectivity index (χ2n) is 9.27. The van der Waals surface area contributed by atoms with E-state index in [4.69, 9.17) is 9.47 Å². The Bertz CT molecular complexity index is 898. The number of rotatable bonds is 4. The Balaban J connectivity index is 1.45. The number of likely N-dealkylation sites (tertiary alicyclic amines) is 1. The van der Waals surface area contributed by atoms with Gasteiger partial charge in [-0.2, -0.15) is 0 Å². The van der Waals surface area contributed by atoms with Gasteiger partial charge in [0, 0.05) is 42.5 Å². The van der Waals surface area contributed by atoms with Crippen LogP contribution in [0, 0.1) is 0 Å². The topological polar surface area (TPSA) is 62.2 Å². The predicted octanol–water partition coefficient (Wildman–Crippen LogP) is 3.39. The summed E-state index contributed by atoms with van der Waals surface area (Å²) in [5.74, 6) is 1.69. The summed E-state index contributed by atoms with van der Waals surface area (Å²) >= 11 is 3.75. The Morgan fingerprint density at radius 1 is 1.32 bits per heavy atom. The van der Waals surface area contributed by atoms with Crippen LogP contribution in [0.5, 0.6) is 11.5 Å². The first kappa shape index (κ1) is 21.3. The summed E-state index contributed by atoms with van der Waals surface area (Å²) in [7, 11) is 1.65. The molecule has 1 spiro atoms. The fourth-order valence-electron chi connectivity index (χ4n) is 5.77. The molecule has 1 aliphatic carbocycles. The van der Waals surface area contributed by atoms with E-state index in [0.29, 0.717) is 31.7 Å². The van der Waals surface area contributed by atoms with Gasteiger partial charge in [-0.1, -0.05) is 34.5 Å².